The molecule has 0 aliphatic carbocycles. The van der Waals surface area contributed by atoms with Crippen LogP contribution in [0.4, 0.5) is 0 Å². The van der Waals surface area contributed by atoms with E-state index in [1.54, 1.807) is 17.0 Å². The molecule has 0 aromatic carbocycles. The van der Waals surface area contributed by atoms with Gasteiger partial charge in [-0.3, -0.25) is 4.79 Å². The summed E-state index contributed by atoms with van der Waals surface area (Å²) in [6.07, 6.45) is 1.50. The van der Waals surface area contributed by atoms with Gasteiger partial charge in [-0.1, -0.05) is 12.2 Å². The van der Waals surface area contributed by atoms with Gasteiger partial charge in [-0.05, 0) is 26.0 Å². The van der Waals surface area contributed by atoms with Crippen LogP contribution in [0.1, 0.15) is 24.4 Å². The van der Waals surface area contributed by atoms with E-state index in [0.717, 1.165) is 5.57 Å². The molecule has 3 heteroatoms. The molecule has 1 rings (SSSR count). The number of likely N-dealkylation sites (N-methyl/N-ethyl adjacent to an activating group) is 1. The Morgan fingerprint density at radius 3 is 2.79 bits per heavy atom. The van der Waals surface area contributed by atoms with Crippen molar-refractivity contribution in [2.45, 2.75) is 13.8 Å². The number of hydrogen-bond acceptors (Lipinski definition) is 2. The van der Waals surface area contributed by atoms with Gasteiger partial charge in [-0.25, -0.2) is 0 Å². The van der Waals surface area contributed by atoms with Gasteiger partial charge in [0, 0.05) is 13.1 Å². The summed E-state index contributed by atoms with van der Waals surface area (Å²) in [7, 11) is 0. The van der Waals surface area contributed by atoms with Gasteiger partial charge in [0.25, 0.3) is 5.91 Å². The molecule has 0 saturated heterocycles. The third-order valence-corrected chi connectivity index (χ3v) is 1.86. The molecule has 1 aromatic rings. The monoisotopic (exact) mass is 193 g/mol. The molecular weight excluding hydrogens is 178 g/mol. The van der Waals surface area contributed by atoms with E-state index in [0.29, 0.717) is 18.8 Å². The summed E-state index contributed by atoms with van der Waals surface area (Å²) in [5.74, 6) is 0.300. The molecule has 0 fully saturated rings. The fourth-order valence-corrected chi connectivity index (χ4v) is 1.21. The van der Waals surface area contributed by atoms with Crippen molar-refractivity contribution < 1.29 is 9.21 Å². The highest BCUT2D eigenvalue weighted by molar-refractivity contribution is 5.91. The first-order chi connectivity index (χ1) is 6.65. The van der Waals surface area contributed by atoms with E-state index < -0.39 is 0 Å². The number of carbonyl (C=O) groups excluding carboxylic acids is 1. The lowest BCUT2D eigenvalue weighted by Crippen LogP contribution is -2.31. The third-order valence-electron chi connectivity index (χ3n) is 1.86. The first kappa shape index (κ1) is 10.6. The second-order valence-corrected chi connectivity index (χ2v) is 3.25. The number of hydrogen-bond donors (Lipinski definition) is 0. The molecule has 0 spiro atoms. The standard InChI is InChI=1S/C11H15NO2/c1-4-12(8-9(2)3)11(13)10-6-5-7-14-10/h5-7H,2,4,8H2,1,3H3. The summed E-state index contributed by atoms with van der Waals surface area (Å²) in [4.78, 5) is 13.5. The highest BCUT2D eigenvalue weighted by atomic mass is 16.3. The number of furan rings is 1. The first-order valence-corrected chi connectivity index (χ1v) is 4.62. The molecule has 76 valence electrons. The van der Waals surface area contributed by atoms with E-state index in [-0.39, 0.29) is 5.91 Å². The minimum absolute atomic E-state index is 0.0829. The van der Waals surface area contributed by atoms with Gasteiger partial charge in [0.05, 0.1) is 6.26 Å². The zero-order chi connectivity index (χ0) is 10.6. The SMILES string of the molecule is C=C(C)CN(CC)C(=O)c1ccco1. The molecule has 0 unspecified atom stereocenters. The quantitative estimate of drug-likeness (QED) is 0.687. The van der Waals surface area contributed by atoms with Crippen molar-refractivity contribution in [2.24, 2.45) is 0 Å². The summed E-state index contributed by atoms with van der Waals surface area (Å²) in [6.45, 7) is 8.86. The third kappa shape index (κ3) is 2.49. The Morgan fingerprint density at radius 2 is 2.36 bits per heavy atom. The van der Waals surface area contributed by atoms with Crippen molar-refractivity contribution in [3.8, 4) is 0 Å². The lowest BCUT2D eigenvalue weighted by Gasteiger charge is -2.19. The van der Waals surface area contributed by atoms with E-state index in [4.69, 9.17) is 4.42 Å². The maximum Gasteiger partial charge on any atom is 0.289 e. The molecule has 0 aliphatic rings. The minimum Gasteiger partial charge on any atom is -0.459 e. The predicted octanol–water partition coefficient (Wildman–Crippen LogP) is 2.32. The number of carbonyl (C=O) groups is 1. The molecule has 3 nitrogen and oxygen atoms in total. The molecule has 0 bridgehead atoms. The van der Waals surface area contributed by atoms with Gasteiger partial charge in [0.2, 0.25) is 0 Å². The molecule has 0 atom stereocenters. The molecular formula is C11H15NO2. The van der Waals surface area contributed by atoms with Crippen LogP contribution in [0.5, 0.6) is 0 Å². The van der Waals surface area contributed by atoms with Crippen LogP contribution in [-0.4, -0.2) is 23.9 Å². The lowest BCUT2D eigenvalue weighted by atomic mass is 10.3. The fraction of sp³-hybridized carbons (Fsp3) is 0.364. The van der Waals surface area contributed by atoms with Crippen molar-refractivity contribution in [2.75, 3.05) is 13.1 Å². The van der Waals surface area contributed by atoms with E-state index in [9.17, 15) is 4.79 Å². The zero-order valence-electron chi connectivity index (χ0n) is 8.62. The molecule has 0 aliphatic heterocycles. The number of amides is 1. The van der Waals surface area contributed by atoms with Crippen molar-refractivity contribution in [3.63, 3.8) is 0 Å². The van der Waals surface area contributed by atoms with Crippen molar-refractivity contribution >= 4 is 5.91 Å². The normalized spacial score (nSPS) is 9.86. The van der Waals surface area contributed by atoms with Crippen molar-refractivity contribution in [1.82, 2.24) is 4.90 Å². The summed E-state index contributed by atoms with van der Waals surface area (Å²) >= 11 is 0. The second kappa shape index (κ2) is 4.65. The smallest absolute Gasteiger partial charge is 0.289 e. The fourth-order valence-electron chi connectivity index (χ4n) is 1.21. The summed E-state index contributed by atoms with van der Waals surface area (Å²) in [5, 5.41) is 0. The molecule has 1 amide bonds. The summed E-state index contributed by atoms with van der Waals surface area (Å²) in [5.41, 5.74) is 0.965. The predicted molar refractivity (Wildman–Crippen MR) is 55.1 cm³/mol. The largest absolute Gasteiger partial charge is 0.459 e. The van der Waals surface area contributed by atoms with Gasteiger partial charge in [-0.15, -0.1) is 0 Å². The van der Waals surface area contributed by atoms with Gasteiger partial charge in [0.15, 0.2) is 5.76 Å². The van der Waals surface area contributed by atoms with Crippen LogP contribution in [0.15, 0.2) is 35.0 Å². The van der Waals surface area contributed by atoms with Gasteiger partial charge >= 0.3 is 0 Å². The molecule has 1 aromatic heterocycles. The number of rotatable bonds is 4. The second-order valence-electron chi connectivity index (χ2n) is 3.25. The molecule has 0 N–H and O–H groups in total. The van der Waals surface area contributed by atoms with Gasteiger partial charge in [0.1, 0.15) is 0 Å². The van der Waals surface area contributed by atoms with Crippen molar-refractivity contribution in [1.29, 1.82) is 0 Å². The van der Waals surface area contributed by atoms with Gasteiger partial charge in [-0.2, -0.15) is 0 Å². The Bertz CT molecular complexity index is 314. The molecule has 1 heterocycles. The van der Waals surface area contributed by atoms with Crippen LogP contribution in [0.3, 0.4) is 0 Å². The van der Waals surface area contributed by atoms with Crippen LogP contribution in [0, 0.1) is 0 Å². The summed E-state index contributed by atoms with van der Waals surface area (Å²) in [6, 6.07) is 3.38. The zero-order valence-corrected chi connectivity index (χ0v) is 8.62. The molecule has 0 radical (unpaired) electrons. The number of nitrogens with zero attached hydrogens (tertiary/aromatic N) is 1. The van der Waals surface area contributed by atoms with E-state index in [1.807, 2.05) is 13.8 Å². The van der Waals surface area contributed by atoms with E-state index in [1.165, 1.54) is 6.26 Å². The Morgan fingerprint density at radius 1 is 1.64 bits per heavy atom. The Hall–Kier alpha value is -1.51. The highest BCUT2D eigenvalue weighted by Crippen LogP contribution is 2.06. The first-order valence-electron chi connectivity index (χ1n) is 4.62. The van der Waals surface area contributed by atoms with Crippen LogP contribution >= 0.6 is 0 Å². The Kier molecular flexibility index (Phi) is 3.51. The molecule has 14 heavy (non-hydrogen) atoms. The van der Waals surface area contributed by atoms with Gasteiger partial charge < -0.3 is 9.32 Å². The topological polar surface area (TPSA) is 33.5 Å². The Labute approximate surface area is 84.0 Å². The van der Waals surface area contributed by atoms with Crippen molar-refractivity contribution in [3.05, 3.63) is 36.3 Å². The Balaban J connectivity index is 2.70. The average Bonchev–Trinajstić information content (AvgIpc) is 2.65. The highest BCUT2D eigenvalue weighted by Gasteiger charge is 2.15. The van der Waals surface area contributed by atoms with Crippen LogP contribution < -0.4 is 0 Å². The van der Waals surface area contributed by atoms with Crippen LogP contribution in [-0.2, 0) is 0 Å². The van der Waals surface area contributed by atoms with E-state index in [2.05, 4.69) is 6.58 Å². The maximum atomic E-state index is 11.8. The lowest BCUT2D eigenvalue weighted by molar-refractivity contribution is 0.0746. The maximum absolute atomic E-state index is 11.8. The summed E-state index contributed by atoms with van der Waals surface area (Å²) < 4.78 is 5.04. The molecule has 0 saturated carbocycles. The van der Waals surface area contributed by atoms with E-state index >= 15 is 0 Å². The minimum atomic E-state index is -0.0829. The van der Waals surface area contributed by atoms with Crippen LogP contribution in [0.25, 0.3) is 0 Å². The average molecular weight is 193 g/mol. The van der Waals surface area contributed by atoms with Crippen LogP contribution in [0.2, 0.25) is 0 Å².